The third-order valence-electron chi connectivity index (χ3n) is 7.79. The highest BCUT2D eigenvalue weighted by Gasteiger charge is 2.16. The first kappa shape index (κ1) is 21.0. The van der Waals surface area contributed by atoms with Crippen molar-refractivity contribution in [1.82, 2.24) is 9.97 Å². The summed E-state index contributed by atoms with van der Waals surface area (Å²) in [6.45, 7) is 0. The van der Waals surface area contributed by atoms with Crippen molar-refractivity contribution in [3.8, 4) is 33.5 Å². The van der Waals surface area contributed by atoms with E-state index >= 15 is 0 Å². The lowest BCUT2D eigenvalue weighted by atomic mass is 9.86. The van der Waals surface area contributed by atoms with Gasteiger partial charge in [-0.2, -0.15) is 0 Å². The zero-order chi connectivity index (χ0) is 25.1. The summed E-state index contributed by atoms with van der Waals surface area (Å²) in [5.74, 6) is 0. The van der Waals surface area contributed by atoms with Gasteiger partial charge in [0.2, 0.25) is 0 Å². The fourth-order valence-corrected chi connectivity index (χ4v) is 6.00. The number of benzene rings is 6. The Hall–Kier alpha value is -5.08. The summed E-state index contributed by atoms with van der Waals surface area (Å²) in [5, 5.41) is 10.2. The molecule has 2 aromatic heterocycles. The summed E-state index contributed by atoms with van der Waals surface area (Å²) in [6, 6.07) is 41.6. The number of pyridine rings is 2. The molecular weight excluding hydrogens is 460 g/mol. The van der Waals surface area contributed by atoms with Gasteiger partial charge in [0.1, 0.15) is 0 Å². The lowest BCUT2D eigenvalue weighted by Gasteiger charge is -2.17. The Morgan fingerprint density at radius 3 is 1.84 bits per heavy atom. The van der Waals surface area contributed by atoms with Crippen LogP contribution in [0.4, 0.5) is 0 Å². The molecule has 8 aromatic rings. The maximum atomic E-state index is 4.51. The van der Waals surface area contributed by atoms with Gasteiger partial charge in [0.25, 0.3) is 0 Å². The molecule has 0 atom stereocenters. The van der Waals surface area contributed by atoms with Gasteiger partial charge in [-0.3, -0.25) is 9.97 Å². The van der Waals surface area contributed by atoms with Crippen molar-refractivity contribution in [1.29, 1.82) is 0 Å². The molecule has 2 heterocycles. The van der Waals surface area contributed by atoms with E-state index in [-0.39, 0.29) is 0 Å². The van der Waals surface area contributed by atoms with Crippen LogP contribution in [0.25, 0.3) is 76.6 Å². The Balaban J connectivity index is 1.36. The van der Waals surface area contributed by atoms with Gasteiger partial charge in [0.15, 0.2) is 0 Å². The van der Waals surface area contributed by atoms with Crippen molar-refractivity contribution in [3.63, 3.8) is 0 Å². The molecule has 0 N–H and O–H groups in total. The molecule has 2 heteroatoms. The molecule has 0 amide bonds. The van der Waals surface area contributed by atoms with Crippen LogP contribution in [0.2, 0.25) is 0 Å². The molecular formula is C36H22N2. The van der Waals surface area contributed by atoms with E-state index in [4.69, 9.17) is 0 Å². The van der Waals surface area contributed by atoms with E-state index in [0.717, 1.165) is 16.6 Å². The molecule has 0 fully saturated rings. The van der Waals surface area contributed by atoms with Crippen LogP contribution in [-0.4, -0.2) is 9.97 Å². The van der Waals surface area contributed by atoms with Gasteiger partial charge in [-0.05, 0) is 78.2 Å². The second-order valence-corrected chi connectivity index (χ2v) is 9.84. The maximum absolute atomic E-state index is 4.51. The summed E-state index contributed by atoms with van der Waals surface area (Å²) in [5.41, 5.74) is 7.08. The summed E-state index contributed by atoms with van der Waals surface area (Å²) >= 11 is 0. The van der Waals surface area contributed by atoms with Gasteiger partial charge in [-0.15, -0.1) is 0 Å². The van der Waals surface area contributed by atoms with Crippen molar-refractivity contribution >= 4 is 43.1 Å². The van der Waals surface area contributed by atoms with Crippen LogP contribution in [0.15, 0.2) is 134 Å². The average molecular weight is 483 g/mol. The van der Waals surface area contributed by atoms with E-state index < -0.39 is 0 Å². The first-order chi connectivity index (χ1) is 18.8. The molecule has 2 nitrogen and oxygen atoms in total. The molecule has 0 unspecified atom stereocenters. The Bertz CT molecular complexity index is 2100. The Morgan fingerprint density at radius 2 is 1.08 bits per heavy atom. The number of rotatable bonds is 3. The molecule has 0 spiro atoms. The molecule has 0 aliphatic rings. The maximum Gasteiger partial charge on any atom is 0.0701 e. The van der Waals surface area contributed by atoms with Crippen LogP contribution in [0.1, 0.15) is 0 Å². The molecule has 8 rings (SSSR count). The normalized spacial score (nSPS) is 11.7. The van der Waals surface area contributed by atoms with Gasteiger partial charge in [-0.1, -0.05) is 97.1 Å². The van der Waals surface area contributed by atoms with Gasteiger partial charge in [0.05, 0.1) is 5.69 Å². The molecule has 0 radical (unpaired) electrons. The Morgan fingerprint density at radius 1 is 0.395 bits per heavy atom. The van der Waals surface area contributed by atoms with E-state index in [0.29, 0.717) is 0 Å². The van der Waals surface area contributed by atoms with Crippen molar-refractivity contribution in [3.05, 3.63) is 134 Å². The molecule has 6 aromatic carbocycles. The third-order valence-corrected chi connectivity index (χ3v) is 7.79. The fraction of sp³-hybridized carbons (Fsp3) is 0. The number of fused-ring (bicyclic) bond motifs is 1. The Labute approximate surface area is 220 Å². The molecule has 0 saturated carbocycles. The highest BCUT2D eigenvalue weighted by molar-refractivity contribution is 6.28. The zero-order valence-corrected chi connectivity index (χ0v) is 20.6. The SMILES string of the molecule is c1ccc(-c2ccc(-c3ccc4ccc5c(-c6cccc7cnccc67)ccc6ccc3c4c65)cc2)nc1. The first-order valence-electron chi connectivity index (χ1n) is 12.9. The van der Waals surface area contributed by atoms with E-state index in [9.17, 15) is 0 Å². The minimum absolute atomic E-state index is 0.992. The summed E-state index contributed by atoms with van der Waals surface area (Å²) in [6.07, 6.45) is 5.67. The quantitative estimate of drug-likeness (QED) is 0.234. The van der Waals surface area contributed by atoms with Gasteiger partial charge in [-0.25, -0.2) is 0 Å². The van der Waals surface area contributed by atoms with E-state index in [1.54, 1.807) is 0 Å². The van der Waals surface area contributed by atoms with Crippen LogP contribution in [0.5, 0.6) is 0 Å². The largest absolute Gasteiger partial charge is 0.264 e. The molecule has 0 saturated heterocycles. The predicted octanol–water partition coefficient (Wildman–Crippen LogP) is 9.53. The van der Waals surface area contributed by atoms with Crippen LogP contribution < -0.4 is 0 Å². The van der Waals surface area contributed by atoms with Crippen molar-refractivity contribution in [2.45, 2.75) is 0 Å². The van der Waals surface area contributed by atoms with Crippen LogP contribution in [0, 0.1) is 0 Å². The lowest BCUT2D eigenvalue weighted by Crippen LogP contribution is -1.90. The highest BCUT2D eigenvalue weighted by atomic mass is 14.7. The zero-order valence-electron chi connectivity index (χ0n) is 20.6. The van der Waals surface area contributed by atoms with E-state index in [1.807, 2.05) is 30.7 Å². The van der Waals surface area contributed by atoms with Crippen LogP contribution in [-0.2, 0) is 0 Å². The van der Waals surface area contributed by atoms with Crippen molar-refractivity contribution in [2.24, 2.45) is 0 Å². The summed E-state index contributed by atoms with van der Waals surface area (Å²) in [4.78, 5) is 8.84. The van der Waals surface area contributed by atoms with Crippen molar-refractivity contribution < 1.29 is 0 Å². The average Bonchev–Trinajstić information content (AvgIpc) is 3.00. The summed E-state index contributed by atoms with van der Waals surface area (Å²) < 4.78 is 0. The second kappa shape index (κ2) is 8.22. The van der Waals surface area contributed by atoms with Gasteiger partial charge >= 0.3 is 0 Å². The molecule has 0 bridgehead atoms. The number of nitrogens with zero attached hydrogens (tertiary/aromatic N) is 2. The van der Waals surface area contributed by atoms with Crippen LogP contribution in [0.3, 0.4) is 0 Å². The second-order valence-electron chi connectivity index (χ2n) is 9.84. The van der Waals surface area contributed by atoms with Crippen molar-refractivity contribution in [2.75, 3.05) is 0 Å². The lowest BCUT2D eigenvalue weighted by molar-refractivity contribution is 1.33. The molecule has 0 aliphatic carbocycles. The standard InChI is InChI=1S/C36H22N2/c1-2-20-38-34(6-1)24-9-7-23(8-10-24)28-15-11-25-14-18-33-31(16-12-26-13-17-32(28)35(25)36(26)33)30-5-3-4-27-22-37-21-19-29(27)30/h1-22H. The molecule has 0 aliphatic heterocycles. The number of hydrogen-bond acceptors (Lipinski definition) is 2. The molecule has 176 valence electrons. The monoisotopic (exact) mass is 482 g/mol. The van der Waals surface area contributed by atoms with Gasteiger partial charge in [0, 0.05) is 29.5 Å². The summed E-state index contributed by atoms with van der Waals surface area (Å²) in [7, 11) is 0. The molecule has 38 heavy (non-hydrogen) atoms. The Kier molecular flexibility index (Phi) is 4.55. The predicted molar refractivity (Wildman–Crippen MR) is 160 cm³/mol. The minimum atomic E-state index is 0.992. The van der Waals surface area contributed by atoms with E-state index in [2.05, 4.69) is 113 Å². The third kappa shape index (κ3) is 3.14. The fourth-order valence-electron chi connectivity index (χ4n) is 6.00. The minimum Gasteiger partial charge on any atom is -0.264 e. The highest BCUT2D eigenvalue weighted by Crippen LogP contribution is 2.43. The first-order valence-corrected chi connectivity index (χ1v) is 12.9. The number of hydrogen-bond donors (Lipinski definition) is 0. The van der Waals surface area contributed by atoms with E-state index in [1.165, 1.54) is 60.0 Å². The van der Waals surface area contributed by atoms with Gasteiger partial charge < -0.3 is 0 Å². The number of aromatic nitrogens is 2. The smallest absolute Gasteiger partial charge is 0.0701 e. The van der Waals surface area contributed by atoms with Crippen LogP contribution >= 0.6 is 0 Å². The topological polar surface area (TPSA) is 25.8 Å².